The van der Waals surface area contributed by atoms with E-state index >= 15 is 0 Å². The maximum Gasteiger partial charge on any atom is 0.159 e. The van der Waals surface area contributed by atoms with Gasteiger partial charge in [-0.1, -0.05) is 17.6 Å². The topological polar surface area (TPSA) is 51.2 Å². The molecule has 0 saturated carbocycles. The molecule has 0 aromatic carbocycles. The van der Waals surface area contributed by atoms with Gasteiger partial charge in [0.25, 0.3) is 0 Å². The first-order valence-corrected chi connectivity index (χ1v) is 9.15. The summed E-state index contributed by atoms with van der Waals surface area (Å²) in [4.78, 5) is 36.2. The van der Waals surface area contributed by atoms with E-state index < -0.39 is 0 Å². The molecular formula is C20H26O3. The van der Waals surface area contributed by atoms with Gasteiger partial charge in [0.1, 0.15) is 5.78 Å². The van der Waals surface area contributed by atoms with Crippen LogP contribution in [0.4, 0.5) is 0 Å². The number of hydrogen-bond acceptors (Lipinski definition) is 3. The Labute approximate surface area is 138 Å². The third-order valence-corrected chi connectivity index (χ3v) is 5.60. The first-order valence-electron chi connectivity index (χ1n) is 9.15. The van der Waals surface area contributed by atoms with Crippen molar-refractivity contribution in [3.05, 3.63) is 22.3 Å². The first kappa shape index (κ1) is 16.4. The quantitative estimate of drug-likeness (QED) is 0.666. The lowest BCUT2D eigenvalue weighted by Crippen LogP contribution is -2.06. The zero-order valence-corrected chi connectivity index (χ0v) is 13.9. The third kappa shape index (κ3) is 3.88. The molecule has 0 heterocycles. The highest BCUT2D eigenvalue weighted by molar-refractivity contribution is 6.00. The molecule has 0 aromatic rings. The van der Waals surface area contributed by atoms with Crippen molar-refractivity contribution in [1.29, 1.82) is 0 Å². The monoisotopic (exact) mass is 314 g/mol. The van der Waals surface area contributed by atoms with Gasteiger partial charge in [0.2, 0.25) is 0 Å². The minimum Gasteiger partial charge on any atom is -0.300 e. The van der Waals surface area contributed by atoms with E-state index in [4.69, 9.17) is 0 Å². The van der Waals surface area contributed by atoms with Crippen molar-refractivity contribution in [1.82, 2.24) is 0 Å². The highest BCUT2D eigenvalue weighted by Crippen LogP contribution is 2.33. The van der Waals surface area contributed by atoms with Crippen molar-refractivity contribution < 1.29 is 14.4 Å². The smallest absolute Gasteiger partial charge is 0.159 e. The molecule has 3 aliphatic rings. The van der Waals surface area contributed by atoms with E-state index in [0.29, 0.717) is 38.5 Å². The van der Waals surface area contributed by atoms with Gasteiger partial charge >= 0.3 is 0 Å². The molecule has 0 aromatic heterocycles. The summed E-state index contributed by atoms with van der Waals surface area (Å²) in [7, 11) is 0. The summed E-state index contributed by atoms with van der Waals surface area (Å²) in [5.74, 6) is 0.715. The highest BCUT2D eigenvalue weighted by atomic mass is 16.1. The second-order valence-corrected chi connectivity index (χ2v) is 7.11. The van der Waals surface area contributed by atoms with Gasteiger partial charge in [0.05, 0.1) is 0 Å². The van der Waals surface area contributed by atoms with Crippen molar-refractivity contribution in [2.24, 2.45) is 0 Å². The van der Waals surface area contributed by atoms with E-state index in [0.717, 1.165) is 56.1 Å². The Morgan fingerprint density at radius 3 is 1.39 bits per heavy atom. The van der Waals surface area contributed by atoms with Crippen molar-refractivity contribution in [2.45, 2.75) is 83.5 Å². The summed E-state index contributed by atoms with van der Waals surface area (Å²) in [5.41, 5.74) is 4.53. The van der Waals surface area contributed by atoms with E-state index in [1.54, 1.807) is 0 Å². The molecule has 3 heteroatoms. The van der Waals surface area contributed by atoms with Crippen LogP contribution in [0.5, 0.6) is 0 Å². The predicted octanol–water partition coefficient (Wildman–Crippen LogP) is 4.40. The Morgan fingerprint density at radius 2 is 0.913 bits per heavy atom. The summed E-state index contributed by atoms with van der Waals surface area (Å²) < 4.78 is 0. The molecule has 0 spiro atoms. The summed E-state index contributed by atoms with van der Waals surface area (Å²) in [6.45, 7) is 0. The number of hydrogen-bond donors (Lipinski definition) is 0. The molecule has 0 aliphatic heterocycles. The number of Topliss-reactive ketones (excluding diaryl/α,β-unsaturated/α-hetero) is 3. The lowest BCUT2D eigenvalue weighted by Gasteiger charge is -2.10. The molecule has 3 nitrogen and oxygen atoms in total. The minimum atomic E-state index is 0.195. The van der Waals surface area contributed by atoms with Gasteiger partial charge in [-0.25, -0.2) is 0 Å². The standard InChI is InChI=1S/C20H26O3/c21-16-8-10-17-14(6-12-19(17)22)4-2-1-3-5-15-7-13-20(23)18(15)11-9-16/h1-13H2. The summed E-state index contributed by atoms with van der Waals surface area (Å²) >= 11 is 0. The van der Waals surface area contributed by atoms with Gasteiger partial charge in [-0.2, -0.15) is 0 Å². The van der Waals surface area contributed by atoms with Crippen LogP contribution < -0.4 is 0 Å². The average Bonchev–Trinajstić information content (AvgIpc) is 3.06. The zero-order valence-electron chi connectivity index (χ0n) is 13.9. The first-order chi connectivity index (χ1) is 11.1. The van der Waals surface area contributed by atoms with Crippen molar-refractivity contribution in [3.63, 3.8) is 0 Å². The Balaban J connectivity index is 1.70. The minimum absolute atomic E-state index is 0.195. The molecule has 0 saturated heterocycles. The fourth-order valence-electron chi connectivity index (χ4n) is 4.22. The Morgan fingerprint density at radius 1 is 0.435 bits per heavy atom. The van der Waals surface area contributed by atoms with Gasteiger partial charge in [0.15, 0.2) is 11.6 Å². The number of carbonyl (C=O) groups excluding carboxylic acids is 3. The highest BCUT2D eigenvalue weighted by Gasteiger charge is 2.25. The molecule has 3 rings (SSSR count). The molecule has 0 bridgehead atoms. The maximum absolute atomic E-state index is 12.2. The molecular weight excluding hydrogens is 288 g/mol. The van der Waals surface area contributed by atoms with Crippen LogP contribution in [0.25, 0.3) is 0 Å². The van der Waals surface area contributed by atoms with Crippen molar-refractivity contribution in [2.75, 3.05) is 0 Å². The van der Waals surface area contributed by atoms with Crippen LogP contribution >= 0.6 is 0 Å². The Hall–Kier alpha value is -1.51. The molecule has 0 atom stereocenters. The van der Waals surface area contributed by atoms with Crippen LogP contribution in [-0.2, 0) is 14.4 Å². The van der Waals surface area contributed by atoms with E-state index in [1.807, 2.05) is 0 Å². The van der Waals surface area contributed by atoms with Crippen LogP contribution in [0.2, 0.25) is 0 Å². The molecule has 124 valence electrons. The fourth-order valence-corrected chi connectivity index (χ4v) is 4.22. The second kappa shape index (κ2) is 7.37. The van der Waals surface area contributed by atoms with Crippen LogP contribution in [0.1, 0.15) is 83.5 Å². The van der Waals surface area contributed by atoms with Gasteiger partial charge in [-0.3, -0.25) is 14.4 Å². The number of rotatable bonds is 0. The number of ketones is 3. The van der Waals surface area contributed by atoms with Crippen LogP contribution in [0.15, 0.2) is 22.3 Å². The van der Waals surface area contributed by atoms with Crippen molar-refractivity contribution >= 4 is 17.3 Å². The normalized spacial score (nSPS) is 24.8. The molecule has 23 heavy (non-hydrogen) atoms. The third-order valence-electron chi connectivity index (χ3n) is 5.60. The van der Waals surface area contributed by atoms with Crippen LogP contribution in [-0.4, -0.2) is 17.3 Å². The zero-order chi connectivity index (χ0) is 16.2. The second-order valence-electron chi connectivity index (χ2n) is 7.11. The van der Waals surface area contributed by atoms with Gasteiger partial charge in [-0.15, -0.1) is 0 Å². The summed E-state index contributed by atoms with van der Waals surface area (Å²) in [6.07, 6.45) is 10.7. The van der Waals surface area contributed by atoms with E-state index in [9.17, 15) is 14.4 Å². The van der Waals surface area contributed by atoms with Crippen LogP contribution in [0, 0.1) is 0 Å². The fraction of sp³-hybridized carbons (Fsp3) is 0.650. The van der Waals surface area contributed by atoms with Gasteiger partial charge in [0, 0.05) is 25.7 Å². The largest absolute Gasteiger partial charge is 0.300 e. The molecule has 3 aliphatic carbocycles. The van der Waals surface area contributed by atoms with E-state index in [1.165, 1.54) is 11.1 Å². The Kier molecular flexibility index (Phi) is 5.24. The van der Waals surface area contributed by atoms with Crippen molar-refractivity contribution in [3.8, 4) is 0 Å². The molecule has 0 amide bonds. The molecule has 0 fully saturated rings. The average molecular weight is 314 g/mol. The Bertz CT molecular complexity index is 542. The number of carbonyl (C=O) groups is 3. The van der Waals surface area contributed by atoms with E-state index in [-0.39, 0.29) is 17.3 Å². The SMILES string of the molecule is O=C1CCC2=C(CCCCCC3=C(CC1)C(=O)CC3)CCC2=O. The summed E-state index contributed by atoms with van der Waals surface area (Å²) in [6, 6.07) is 0. The predicted molar refractivity (Wildman–Crippen MR) is 89.1 cm³/mol. The molecule has 0 N–H and O–H groups in total. The van der Waals surface area contributed by atoms with Gasteiger partial charge in [-0.05, 0) is 62.5 Å². The lowest BCUT2D eigenvalue weighted by atomic mass is 9.94. The molecule has 0 radical (unpaired) electrons. The number of allylic oxidation sites excluding steroid dienone is 4. The van der Waals surface area contributed by atoms with E-state index in [2.05, 4.69) is 0 Å². The van der Waals surface area contributed by atoms with Crippen LogP contribution in [0.3, 0.4) is 0 Å². The summed E-state index contributed by atoms with van der Waals surface area (Å²) in [5, 5.41) is 0. The van der Waals surface area contributed by atoms with Gasteiger partial charge < -0.3 is 0 Å². The lowest BCUT2D eigenvalue weighted by molar-refractivity contribution is -0.119. The molecule has 0 unspecified atom stereocenters. The maximum atomic E-state index is 12.2.